The molecule has 1 amide bonds. The van der Waals surface area contributed by atoms with E-state index in [2.05, 4.69) is 5.32 Å². The summed E-state index contributed by atoms with van der Waals surface area (Å²) in [6.45, 7) is 2.12. The van der Waals surface area contributed by atoms with Crippen molar-refractivity contribution < 1.29 is 9.18 Å². The summed E-state index contributed by atoms with van der Waals surface area (Å²) < 4.78 is 13.3. The van der Waals surface area contributed by atoms with Crippen molar-refractivity contribution >= 4 is 17.5 Å². The lowest BCUT2D eigenvalue weighted by atomic mass is 10.1. The predicted molar refractivity (Wildman–Crippen MR) is 61.8 cm³/mol. The van der Waals surface area contributed by atoms with Gasteiger partial charge in [-0.05, 0) is 19.1 Å². The second-order valence-electron chi connectivity index (χ2n) is 3.58. The molecule has 0 radical (unpaired) electrons. The van der Waals surface area contributed by atoms with Crippen molar-refractivity contribution in [1.29, 1.82) is 0 Å². The van der Waals surface area contributed by atoms with Crippen molar-refractivity contribution in [2.45, 2.75) is 19.4 Å². The monoisotopic (exact) mass is 244 g/mol. The van der Waals surface area contributed by atoms with Crippen LogP contribution in [-0.2, 0) is 11.2 Å². The van der Waals surface area contributed by atoms with Gasteiger partial charge >= 0.3 is 0 Å². The van der Waals surface area contributed by atoms with Crippen molar-refractivity contribution in [3.63, 3.8) is 0 Å². The van der Waals surface area contributed by atoms with Gasteiger partial charge in [-0.1, -0.05) is 17.7 Å². The molecule has 1 aromatic rings. The van der Waals surface area contributed by atoms with E-state index in [-0.39, 0.29) is 29.0 Å². The first-order valence-electron chi connectivity index (χ1n) is 4.97. The minimum atomic E-state index is -0.469. The maximum Gasteiger partial charge on any atom is 0.224 e. The van der Waals surface area contributed by atoms with Gasteiger partial charge in [0.15, 0.2) is 0 Å². The zero-order chi connectivity index (χ0) is 12.1. The summed E-state index contributed by atoms with van der Waals surface area (Å²) in [5.41, 5.74) is 5.57. The maximum absolute atomic E-state index is 13.3. The Morgan fingerprint density at radius 1 is 1.62 bits per heavy atom. The van der Waals surface area contributed by atoms with Crippen LogP contribution in [-0.4, -0.2) is 18.5 Å². The zero-order valence-electron chi connectivity index (χ0n) is 8.97. The molecule has 0 saturated heterocycles. The Labute approximate surface area is 98.8 Å². The van der Waals surface area contributed by atoms with Gasteiger partial charge in [0.05, 0.1) is 6.42 Å². The summed E-state index contributed by atoms with van der Waals surface area (Å²) in [5, 5.41) is 2.90. The number of nitrogens with one attached hydrogen (secondary N) is 1. The molecule has 88 valence electrons. The topological polar surface area (TPSA) is 55.1 Å². The minimum Gasteiger partial charge on any atom is -0.352 e. The van der Waals surface area contributed by atoms with Crippen LogP contribution in [0.15, 0.2) is 18.2 Å². The van der Waals surface area contributed by atoms with Crippen LogP contribution in [0.25, 0.3) is 0 Å². The third-order valence-corrected chi connectivity index (χ3v) is 2.51. The fourth-order valence-electron chi connectivity index (χ4n) is 1.25. The summed E-state index contributed by atoms with van der Waals surface area (Å²) in [4.78, 5) is 11.5. The van der Waals surface area contributed by atoms with Gasteiger partial charge in [0.25, 0.3) is 0 Å². The normalized spacial score (nSPS) is 12.2. The van der Waals surface area contributed by atoms with E-state index in [0.29, 0.717) is 6.54 Å². The second-order valence-corrected chi connectivity index (χ2v) is 3.99. The number of halogens is 2. The first kappa shape index (κ1) is 12.9. The highest BCUT2D eigenvalue weighted by Crippen LogP contribution is 2.19. The molecule has 0 unspecified atom stereocenters. The average Bonchev–Trinajstić information content (AvgIpc) is 2.23. The smallest absolute Gasteiger partial charge is 0.224 e. The number of amides is 1. The lowest BCUT2D eigenvalue weighted by Gasteiger charge is -2.12. The quantitative estimate of drug-likeness (QED) is 0.843. The van der Waals surface area contributed by atoms with Crippen molar-refractivity contribution in [3.05, 3.63) is 34.6 Å². The fraction of sp³-hybridized carbons (Fsp3) is 0.364. The average molecular weight is 245 g/mol. The summed E-state index contributed by atoms with van der Waals surface area (Å²) in [5.74, 6) is -0.756. The highest BCUT2D eigenvalue weighted by atomic mass is 35.5. The molecule has 3 nitrogen and oxygen atoms in total. The molecular weight excluding hydrogens is 231 g/mol. The maximum atomic E-state index is 13.3. The van der Waals surface area contributed by atoms with E-state index in [4.69, 9.17) is 17.3 Å². The van der Waals surface area contributed by atoms with Crippen molar-refractivity contribution in [3.8, 4) is 0 Å². The largest absolute Gasteiger partial charge is 0.352 e. The molecule has 3 N–H and O–H groups in total. The molecule has 1 rings (SSSR count). The highest BCUT2D eigenvalue weighted by Gasteiger charge is 2.12. The Kier molecular flexibility index (Phi) is 4.71. The first-order valence-corrected chi connectivity index (χ1v) is 5.34. The van der Waals surface area contributed by atoms with Crippen molar-refractivity contribution in [2.75, 3.05) is 6.54 Å². The molecule has 1 aromatic carbocycles. The van der Waals surface area contributed by atoms with Gasteiger partial charge in [-0.3, -0.25) is 4.79 Å². The minimum absolute atomic E-state index is 0.0736. The number of nitrogens with two attached hydrogens (primary N) is 1. The van der Waals surface area contributed by atoms with Crippen molar-refractivity contribution in [2.24, 2.45) is 5.73 Å². The number of carbonyl (C=O) groups is 1. The molecule has 0 aliphatic rings. The highest BCUT2D eigenvalue weighted by molar-refractivity contribution is 6.31. The summed E-state index contributed by atoms with van der Waals surface area (Å²) in [6, 6.07) is 4.21. The molecule has 16 heavy (non-hydrogen) atoms. The molecule has 0 aliphatic carbocycles. The van der Waals surface area contributed by atoms with E-state index in [9.17, 15) is 9.18 Å². The van der Waals surface area contributed by atoms with Crippen LogP contribution in [0.5, 0.6) is 0 Å². The molecule has 0 fully saturated rings. The molecular formula is C11H14ClFN2O. The van der Waals surface area contributed by atoms with Gasteiger partial charge in [-0.2, -0.15) is 0 Å². The molecule has 0 heterocycles. The molecule has 0 aliphatic heterocycles. The van der Waals surface area contributed by atoms with Crippen molar-refractivity contribution in [1.82, 2.24) is 5.32 Å². The number of benzene rings is 1. The Bertz CT molecular complexity index is 364. The van der Waals surface area contributed by atoms with E-state index in [1.807, 2.05) is 0 Å². The van der Waals surface area contributed by atoms with Gasteiger partial charge < -0.3 is 11.1 Å². The molecule has 0 spiro atoms. The van der Waals surface area contributed by atoms with E-state index < -0.39 is 5.82 Å². The van der Waals surface area contributed by atoms with Gasteiger partial charge in [0.2, 0.25) is 5.91 Å². The third kappa shape index (κ3) is 3.47. The van der Waals surface area contributed by atoms with Gasteiger partial charge in [-0.15, -0.1) is 0 Å². The summed E-state index contributed by atoms with van der Waals surface area (Å²) in [7, 11) is 0. The lowest BCUT2D eigenvalue weighted by molar-refractivity contribution is -0.121. The van der Waals surface area contributed by atoms with Gasteiger partial charge in [0.1, 0.15) is 5.82 Å². The SMILES string of the molecule is C[C@H](CN)NC(=O)Cc1c(F)cccc1Cl. The molecule has 1 atom stereocenters. The molecule has 0 bridgehead atoms. The fourth-order valence-corrected chi connectivity index (χ4v) is 1.48. The van der Waals surface area contributed by atoms with Crippen LogP contribution in [0.4, 0.5) is 4.39 Å². The first-order chi connectivity index (χ1) is 7.54. The van der Waals surface area contributed by atoms with E-state index >= 15 is 0 Å². The standard InChI is InChI=1S/C11H14ClFN2O/c1-7(6-14)15-11(16)5-8-9(12)3-2-4-10(8)13/h2-4,7H,5-6,14H2,1H3,(H,15,16)/t7-/m1/s1. The van der Waals surface area contributed by atoms with E-state index in [1.54, 1.807) is 13.0 Å². The molecule has 0 aromatic heterocycles. The van der Waals surface area contributed by atoms with E-state index in [1.165, 1.54) is 12.1 Å². The predicted octanol–water partition coefficient (Wildman–Crippen LogP) is 1.48. The van der Waals surface area contributed by atoms with Gasteiger partial charge in [0, 0.05) is 23.2 Å². The second kappa shape index (κ2) is 5.82. The molecule has 0 saturated carbocycles. The summed E-state index contributed by atoms with van der Waals surface area (Å²) >= 11 is 5.80. The Balaban J connectivity index is 2.70. The zero-order valence-corrected chi connectivity index (χ0v) is 9.72. The number of rotatable bonds is 4. The third-order valence-electron chi connectivity index (χ3n) is 2.16. The Morgan fingerprint density at radius 2 is 2.31 bits per heavy atom. The Hall–Kier alpha value is -1.13. The van der Waals surface area contributed by atoms with Gasteiger partial charge in [-0.25, -0.2) is 4.39 Å². The lowest BCUT2D eigenvalue weighted by Crippen LogP contribution is -2.38. The number of hydrogen-bond donors (Lipinski definition) is 2. The number of carbonyl (C=O) groups excluding carboxylic acids is 1. The van der Waals surface area contributed by atoms with Crippen LogP contribution in [0.2, 0.25) is 5.02 Å². The molecule has 5 heteroatoms. The Morgan fingerprint density at radius 3 is 2.88 bits per heavy atom. The summed E-state index contributed by atoms with van der Waals surface area (Å²) in [6.07, 6.45) is -0.0736. The van der Waals surface area contributed by atoms with Crippen LogP contribution in [0.1, 0.15) is 12.5 Å². The van der Waals surface area contributed by atoms with Crippen LogP contribution >= 0.6 is 11.6 Å². The van der Waals surface area contributed by atoms with E-state index in [0.717, 1.165) is 0 Å². The van der Waals surface area contributed by atoms with Crippen LogP contribution in [0, 0.1) is 5.82 Å². The van der Waals surface area contributed by atoms with Crippen LogP contribution in [0.3, 0.4) is 0 Å². The number of hydrogen-bond acceptors (Lipinski definition) is 2. The van der Waals surface area contributed by atoms with Crippen LogP contribution < -0.4 is 11.1 Å².